The van der Waals surface area contributed by atoms with Crippen molar-refractivity contribution < 1.29 is 4.39 Å². The Balaban J connectivity index is 0.00000128. The Bertz CT molecular complexity index is 319. The van der Waals surface area contributed by atoms with E-state index in [1.807, 2.05) is 19.2 Å². The van der Waals surface area contributed by atoms with Crippen molar-refractivity contribution in [1.82, 2.24) is 10.4 Å². The van der Waals surface area contributed by atoms with Crippen LogP contribution < -0.4 is 5.43 Å². The third kappa shape index (κ3) is 4.11. The van der Waals surface area contributed by atoms with Gasteiger partial charge in [-0.05, 0) is 37.6 Å². The second kappa shape index (κ2) is 7.88. The minimum Gasteiger partial charge on any atom is -0.258 e. The van der Waals surface area contributed by atoms with Crippen LogP contribution in [0.5, 0.6) is 0 Å². The molecule has 0 amide bonds. The zero-order valence-corrected chi connectivity index (χ0v) is 11.5. The lowest BCUT2D eigenvalue weighted by Gasteiger charge is -2.35. The van der Waals surface area contributed by atoms with Gasteiger partial charge in [0.05, 0.1) is 0 Å². The minimum atomic E-state index is -0.162. The van der Waals surface area contributed by atoms with Crippen LogP contribution >= 0.6 is 24.8 Å². The molecule has 2 nitrogen and oxygen atoms in total. The van der Waals surface area contributed by atoms with Crippen molar-refractivity contribution in [2.24, 2.45) is 0 Å². The van der Waals surface area contributed by atoms with Crippen molar-refractivity contribution in [2.75, 3.05) is 13.6 Å². The summed E-state index contributed by atoms with van der Waals surface area (Å²) in [5, 5.41) is 2.23. The van der Waals surface area contributed by atoms with E-state index in [4.69, 9.17) is 0 Å². The minimum absolute atomic E-state index is 0. The summed E-state index contributed by atoms with van der Waals surface area (Å²) >= 11 is 0. The van der Waals surface area contributed by atoms with Gasteiger partial charge in [0.1, 0.15) is 5.82 Å². The Morgan fingerprint density at radius 3 is 2.41 bits per heavy atom. The van der Waals surface area contributed by atoms with E-state index in [9.17, 15) is 4.39 Å². The summed E-state index contributed by atoms with van der Waals surface area (Å²) in [7, 11) is 1.95. The molecule has 0 aliphatic carbocycles. The average Bonchev–Trinajstić information content (AvgIpc) is 2.30. The molecule has 5 heteroatoms. The largest absolute Gasteiger partial charge is 0.258 e. The second-order valence-corrected chi connectivity index (χ2v) is 3.98. The summed E-state index contributed by atoms with van der Waals surface area (Å²) < 4.78 is 12.8. The number of nitrogens with one attached hydrogen (secondary N) is 1. The van der Waals surface area contributed by atoms with Gasteiger partial charge < -0.3 is 0 Å². The Labute approximate surface area is 114 Å². The number of rotatable bonds is 2. The van der Waals surface area contributed by atoms with Gasteiger partial charge in [-0.25, -0.2) is 9.40 Å². The van der Waals surface area contributed by atoms with E-state index in [-0.39, 0.29) is 30.6 Å². The predicted molar refractivity (Wildman–Crippen MR) is 73.3 cm³/mol. The fourth-order valence-electron chi connectivity index (χ4n) is 2.23. The zero-order valence-electron chi connectivity index (χ0n) is 9.86. The number of nitrogens with zero attached hydrogens (tertiary/aromatic N) is 1. The summed E-state index contributed by atoms with van der Waals surface area (Å²) in [6.07, 6.45) is 3.63. The van der Waals surface area contributed by atoms with Crippen LogP contribution in [-0.4, -0.2) is 18.6 Å². The molecule has 0 bridgehead atoms. The lowest BCUT2D eigenvalue weighted by molar-refractivity contribution is 0.0984. The van der Waals surface area contributed by atoms with Gasteiger partial charge in [-0.3, -0.25) is 5.43 Å². The molecule has 1 aliphatic rings. The molecule has 0 spiro atoms. The number of halogens is 3. The molecular formula is C12H19Cl2FN2. The van der Waals surface area contributed by atoms with E-state index in [0.717, 1.165) is 13.0 Å². The molecule has 1 aromatic carbocycles. The average molecular weight is 281 g/mol. The van der Waals surface area contributed by atoms with Crippen molar-refractivity contribution >= 4 is 24.8 Å². The maximum atomic E-state index is 12.8. The third-order valence-corrected chi connectivity index (χ3v) is 3.04. The standard InChI is InChI=1S/C12H17FN2.2ClH/c1-14-15-9-3-2-4-12(15)10-5-7-11(13)8-6-10;;/h5-8,12,14H,2-4,9H2,1H3;2*1H. The van der Waals surface area contributed by atoms with Gasteiger partial charge in [0.2, 0.25) is 0 Å². The van der Waals surface area contributed by atoms with Crippen molar-refractivity contribution in [2.45, 2.75) is 25.3 Å². The fourth-order valence-corrected chi connectivity index (χ4v) is 2.23. The van der Waals surface area contributed by atoms with Crippen LogP contribution in [0.3, 0.4) is 0 Å². The van der Waals surface area contributed by atoms with Crippen molar-refractivity contribution in [1.29, 1.82) is 0 Å². The first-order chi connectivity index (χ1) is 7.31. The number of benzene rings is 1. The third-order valence-electron chi connectivity index (χ3n) is 3.04. The molecule has 0 saturated carbocycles. The number of piperidine rings is 1. The lowest BCUT2D eigenvalue weighted by atomic mass is 9.97. The molecular weight excluding hydrogens is 262 g/mol. The van der Waals surface area contributed by atoms with Gasteiger partial charge >= 0.3 is 0 Å². The lowest BCUT2D eigenvalue weighted by Crippen LogP contribution is -2.41. The van der Waals surface area contributed by atoms with E-state index >= 15 is 0 Å². The molecule has 98 valence electrons. The van der Waals surface area contributed by atoms with Crippen molar-refractivity contribution in [3.63, 3.8) is 0 Å². The van der Waals surface area contributed by atoms with E-state index in [1.165, 1.54) is 30.5 Å². The van der Waals surface area contributed by atoms with E-state index in [2.05, 4.69) is 10.4 Å². The van der Waals surface area contributed by atoms with Crippen LogP contribution in [-0.2, 0) is 0 Å². The van der Waals surface area contributed by atoms with Crippen molar-refractivity contribution in [3.05, 3.63) is 35.6 Å². The summed E-state index contributed by atoms with van der Waals surface area (Å²) in [4.78, 5) is 0. The van der Waals surface area contributed by atoms with Gasteiger partial charge in [-0.2, -0.15) is 0 Å². The van der Waals surface area contributed by atoms with Crippen LogP contribution in [0, 0.1) is 5.82 Å². The number of hydrogen-bond donors (Lipinski definition) is 1. The Kier molecular flexibility index (Phi) is 7.71. The highest BCUT2D eigenvalue weighted by molar-refractivity contribution is 5.85. The van der Waals surface area contributed by atoms with Crippen molar-refractivity contribution in [3.8, 4) is 0 Å². The summed E-state index contributed by atoms with van der Waals surface area (Å²) in [6, 6.07) is 7.24. The second-order valence-electron chi connectivity index (χ2n) is 3.98. The SMILES string of the molecule is CNN1CCCCC1c1ccc(F)cc1.Cl.Cl. The Morgan fingerprint density at radius 2 is 1.82 bits per heavy atom. The fraction of sp³-hybridized carbons (Fsp3) is 0.500. The van der Waals surface area contributed by atoms with E-state index in [0.29, 0.717) is 6.04 Å². The topological polar surface area (TPSA) is 15.3 Å². The maximum Gasteiger partial charge on any atom is 0.123 e. The van der Waals surface area contributed by atoms with Gasteiger partial charge in [-0.15, -0.1) is 24.8 Å². The maximum absolute atomic E-state index is 12.8. The van der Waals surface area contributed by atoms with Gasteiger partial charge in [0.25, 0.3) is 0 Å². The molecule has 1 saturated heterocycles. The molecule has 17 heavy (non-hydrogen) atoms. The molecule has 1 aromatic rings. The molecule has 1 fully saturated rings. The normalized spacial score (nSPS) is 20.2. The highest BCUT2D eigenvalue weighted by atomic mass is 35.5. The monoisotopic (exact) mass is 280 g/mol. The van der Waals surface area contributed by atoms with E-state index < -0.39 is 0 Å². The predicted octanol–water partition coefficient (Wildman–Crippen LogP) is 3.33. The van der Waals surface area contributed by atoms with Crippen LogP contribution in [0.15, 0.2) is 24.3 Å². The zero-order chi connectivity index (χ0) is 10.7. The Hall–Kier alpha value is -0.350. The quantitative estimate of drug-likeness (QED) is 0.894. The summed E-state index contributed by atoms with van der Waals surface area (Å²) in [6.45, 7) is 1.07. The van der Waals surface area contributed by atoms with Crippen LogP contribution in [0.1, 0.15) is 30.9 Å². The number of hydrazine groups is 1. The van der Waals surface area contributed by atoms with Crippen LogP contribution in [0.25, 0.3) is 0 Å². The first kappa shape index (κ1) is 16.6. The molecule has 1 atom stereocenters. The first-order valence-electron chi connectivity index (χ1n) is 5.51. The molecule has 0 aromatic heterocycles. The highest BCUT2D eigenvalue weighted by Crippen LogP contribution is 2.28. The van der Waals surface area contributed by atoms with Crippen LogP contribution in [0.2, 0.25) is 0 Å². The van der Waals surface area contributed by atoms with Gasteiger partial charge in [0.15, 0.2) is 0 Å². The molecule has 1 heterocycles. The smallest absolute Gasteiger partial charge is 0.123 e. The molecule has 0 radical (unpaired) electrons. The number of hydrogen-bond acceptors (Lipinski definition) is 2. The molecule has 1 aliphatic heterocycles. The van der Waals surface area contributed by atoms with Crippen LogP contribution in [0.4, 0.5) is 4.39 Å². The summed E-state index contributed by atoms with van der Waals surface area (Å²) in [5.41, 5.74) is 4.41. The Morgan fingerprint density at radius 1 is 1.18 bits per heavy atom. The molecule has 2 rings (SSSR count). The first-order valence-corrected chi connectivity index (χ1v) is 5.51. The van der Waals surface area contributed by atoms with Gasteiger partial charge in [0, 0.05) is 12.6 Å². The molecule has 1 unspecified atom stereocenters. The summed E-state index contributed by atoms with van der Waals surface area (Å²) in [5.74, 6) is -0.162. The highest BCUT2D eigenvalue weighted by Gasteiger charge is 2.22. The van der Waals surface area contributed by atoms with E-state index in [1.54, 1.807) is 0 Å². The van der Waals surface area contributed by atoms with Gasteiger partial charge in [-0.1, -0.05) is 18.6 Å². The molecule has 1 N–H and O–H groups in total.